The second-order valence-corrected chi connectivity index (χ2v) is 10.1. The van der Waals surface area contributed by atoms with Crippen molar-refractivity contribution in [2.75, 3.05) is 11.4 Å². The Morgan fingerprint density at radius 1 is 0.941 bits per heavy atom. The summed E-state index contributed by atoms with van der Waals surface area (Å²) >= 11 is 3.03. The van der Waals surface area contributed by atoms with Gasteiger partial charge in [-0.25, -0.2) is 0 Å². The Morgan fingerprint density at radius 3 is 2.53 bits per heavy atom. The predicted molar refractivity (Wildman–Crippen MR) is 136 cm³/mol. The van der Waals surface area contributed by atoms with Crippen LogP contribution < -0.4 is 10.5 Å². The number of benzene rings is 2. The lowest BCUT2D eigenvalue weighted by Crippen LogP contribution is -2.23. The molecule has 0 aliphatic carbocycles. The number of hydrogen-bond acceptors (Lipinski definition) is 6. The van der Waals surface area contributed by atoms with Crippen molar-refractivity contribution in [2.24, 2.45) is 0 Å². The zero-order valence-electron chi connectivity index (χ0n) is 18.3. The minimum absolute atomic E-state index is 0.0441. The molecule has 5 aromatic rings. The molecule has 1 aliphatic rings. The van der Waals surface area contributed by atoms with Crippen molar-refractivity contribution < 1.29 is 4.79 Å². The molecule has 1 fully saturated rings. The van der Waals surface area contributed by atoms with Gasteiger partial charge in [-0.1, -0.05) is 54.2 Å². The molecular formula is C25H21N5O2S2. The van der Waals surface area contributed by atoms with E-state index in [9.17, 15) is 9.59 Å². The van der Waals surface area contributed by atoms with E-state index in [1.807, 2.05) is 63.2 Å². The molecule has 0 spiro atoms. The maximum Gasteiger partial charge on any atom is 0.273 e. The lowest BCUT2D eigenvalue weighted by molar-refractivity contribution is -0.117. The zero-order chi connectivity index (χ0) is 23.1. The van der Waals surface area contributed by atoms with E-state index in [0.717, 1.165) is 40.5 Å². The van der Waals surface area contributed by atoms with E-state index in [1.54, 1.807) is 16.3 Å². The Bertz CT molecular complexity index is 1550. The van der Waals surface area contributed by atoms with Gasteiger partial charge in [-0.15, -0.1) is 21.5 Å². The third-order valence-corrected chi connectivity index (χ3v) is 7.95. The fourth-order valence-corrected chi connectivity index (χ4v) is 6.06. The number of thiophene rings is 1. The SMILES string of the molecule is O=C1CCCN1c1ccc(CSc2nnc3n(Cc4ccccc4)c(=O)c4sccc4n23)cc1. The standard InChI is InChI=1S/C25H21N5O2S2/c31-21-7-4-13-28(21)19-10-8-18(9-11-19)16-34-25-27-26-24-29(15-17-5-2-1-3-6-17)23(32)22-20(30(24)25)12-14-33-22/h1-3,5-6,8-12,14H,4,7,13,15-16H2. The highest BCUT2D eigenvalue weighted by molar-refractivity contribution is 7.98. The van der Waals surface area contributed by atoms with E-state index in [-0.39, 0.29) is 11.5 Å². The minimum Gasteiger partial charge on any atom is -0.312 e. The summed E-state index contributed by atoms with van der Waals surface area (Å²) in [6.07, 6.45) is 1.55. The highest BCUT2D eigenvalue weighted by atomic mass is 32.2. The summed E-state index contributed by atoms with van der Waals surface area (Å²) in [5.41, 5.74) is 3.92. The van der Waals surface area contributed by atoms with Crippen molar-refractivity contribution in [1.82, 2.24) is 19.2 Å². The van der Waals surface area contributed by atoms with Crippen LogP contribution in [0.2, 0.25) is 0 Å². The van der Waals surface area contributed by atoms with Crippen LogP contribution in [0, 0.1) is 0 Å². The van der Waals surface area contributed by atoms with Crippen LogP contribution >= 0.6 is 23.1 Å². The van der Waals surface area contributed by atoms with Crippen LogP contribution in [-0.2, 0) is 17.1 Å². The molecule has 0 unspecified atom stereocenters. The lowest BCUT2D eigenvalue weighted by Gasteiger charge is -2.15. The Labute approximate surface area is 203 Å². The van der Waals surface area contributed by atoms with E-state index < -0.39 is 0 Å². The number of anilines is 1. The monoisotopic (exact) mass is 487 g/mol. The van der Waals surface area contributed by atoms with Crippen molar-refractivity contribution in [1.29, 1.82) is 0 Å². The summed E-state index contributed by atoms with van der Waals surface area (Å²) in [7, 11) is 0. The van der Waals surface area contributed by atoms with E-state index in [2.05, 4.69) is 22.3 Å². The molecule has 2 aromatic carbocycles. The van der Waals surface area contributed by atoms with Gasteiger partial charge in [0.25, 0.3) is 5.56 Å². The average molecular weight is 488 g/mol. The molecule has 1 amide bonds. The number of rotatable bonds is 6. The lowest BCUT2D eigenvalue weighted by atomic mass is 10.2. The Hall–Kier alpha value is -3.43. The highest BCUT2D eigenvalue weighted by Gasteiger charge is 2.22. The Balaban J connectivity index is 1.31. The highest BCUT2D eigenvalue weighted by Crippen LogP contribution is 2.28. The van der Waals surface area contributed by atoms with E-state index in [0.29, 0.717) is 29.2 Å². The van der Waals surface area contributed by atoms with Crippen molar-refractivity contribution in [3.8, 4) is 0 Å². The van der Waals surface area contributed by atoms with Gasteiger partial charge >= 0.3 is 0 Å². The molecule has 4 heterocycles. The number of nitrogens with zero attached hydrogens (tertiary/aromatic N) is 5. The van der Waals surface area contributed by atoms with Crippen molar-refractivity contribution in [3.63, 3.8) is 0 Å². The van der Waals surface area contributed by atoms with Crippen LogP contribution in [0.25, 0.3) is 16.0 Å². The van der Waals surface area contributed by atoms with Crippen LogP contribution in [0.5, 0.6) is 0 Å². The molecule has 0 N–H and O–H groups in total. The zero-order valence-corrected chi connectivity index (χ0v) is 19.9. The van der Waals surface area contributed by atoms with Gasteiger partial charge in [-0.2, -0.15) is 0 Å². The maximum absolute atomic E-state index is 13.2. The summed E-state index contributed by atoms with van der Waals surface area (Å²) in [4.78, 5) is 27.1. The van der Waals surface area contributed by atoms with Gasteiger partial charge in [-0.05, 0) is 41.1 Å². The van der Waals surface area contributed by atoms with Crippen LogP contribution in [0.4, 0.5) is 5.69 Å². The summed E-state index contributed by atoms with van der Waals surface area (Å²) < 4.78 is 4.38. The Morgan fingerprint density at radius 2 is 1.76 bits per heavy atom. The molecule has 9 heteroatoms. The van der Waals surface area contributed by atoms with Gasteiger partial charge in [0.15, 0.2) is 5.16 Å². The largest absolute Gasteiger partial charge is 0.312 e. The summed E-state index contributed by atoms with van der Waals surface area (Å²) in [5.74, 6) is 1.45. The number of carbonyl (C=O) groups is 1. The number of fused-ring (bicyclic) bond motifs is 3. The molecule has 1 aliphatic heterocycles. The Kier molecular flexibility index (Phi) is 5.43. The first-order valence-corrected chi connectivity index (χ1v) is 13.0. The summed E-state index contributed by atoms with van der Waals surface area (Å²) in [5, 5.41) is 11.5. The van der Waals surface area contributed by atoms with Crippen LogP contribution in [-0.4, -0.2) is 31.6 Å². The van der Waals surface area contributed by atoms with Crippen molar-refractivity contribution >= 4 is 50.7 Å². The summed E-state index contributed by atoms with van der Waals surface area (Å²) in [6, 6.07) is 20.0. The molecule has 0 bridgehead atoms. The minimum atomic E-state index is -0.0441. The topological polar surface area (TPSA) is 72.5 Å². The molecule has 3 aromatic heterocycles. The number of amides is 1. The first-order chi connectivity index (χ1) is 16.7. The third-order valence-electron chi connectivity index (χ3n) is 6.06. The fraction of sp³-hybridized carbons (Fsp3) is 0.200. The van der Waals surface area contributed by atoms with E-state index >= 15 is 0 Å². The predicted octanol–water partition coefficient (Wildman–Crippen LogP) is 4.57. The molecule has 170 valence electrons. The normalized spacial score (nSPS) is 14.0. The number of carbonyl (C=O) groups excluding carboxylic acids is 1. The van der Waals surface area contributed by atoms with Crippen molar-refractivity contribution in [2.45, 2.75) is 30.3 Å². The molecule has 1 saturated heterocycles. The smallest absolute Gasteiger partial charge is 0.273 e. The number of thioether (sulfide) groups is 1. The van der Waals surface area contributed by atoms with Gasteiger partial charge in [0, 0.05) is 24.4 Å². The fourth-order valence-electron chi connectivity index (χ4n) is 4.34. The molecular weight excluding hydrogens is 466 g/mol. The van der Waals surface area contributed by atoms with Gasteiger partial charge in [-0.3, -0.25) is 18.6 Å². The van der Waals surface area contributed by atoms with Crippen LogP contribution in [0.3, 0.4) is 0 Å². The van der Waals surface area contributed by atoms with Crippen LogP contribution in [0.1, 0.15) is 24.0 Å². The molecule has 34 heavy (non-hydrogen) atoms. The summed E-state index contributed by atoms with van der Waals surface area (Å²) in [6.45, 7) is 1.23. The average Bonchev–Trinajstić information content (AvgIpc) is 3.61. The molecule has 7 nitrogen and oxygen atoms in total. The first-order valence-electron chi connectivity index (χ1n) is 11.1. The van der Waals surface area contributed by atoms with E-state index in [1.165, 1.54) is 11.3 Å². The van der Waals surface area contributed by atoms with Gasteiger partial charge in [0.05, 0.1) is 12.1 Å². The second kappa shape index (κ2) is 8.73. The van der Waals surface area contributed by atoms with Crippen molar-refractivity contribution in [3.05, 3.63) is 87.5 Å². The molecule has 0 radical (unpaired) electrons. The maximum atomic E-state index is 13.2. The third kappa shape index (κ3) is 3.70. The number of aromatic nitrogens is 4. The number of hydrogen-bond donors (Lipinski definition) is 0. The molecule has 0 saturated carbocycles. The van der Waals surface area contributed by atoms with Crippen LogP contribution in [0.15, 0.2) is 76.0 Å². The van der Waals surface area contributed by atoms with Gasteiger partial charge < -0.3 is 4.90 Å². The van der Waals surface area contributed by atoms with Gasteiger partial charge in [0.1, 0.15) is 4.70 Å². The van der Waals surface area contributed by atoms with Gasteiger partial charge in [0.2, 0.25) is 11.7 Å². The van der Waals surface area contributed by atoms with E-state index in [4.69, 9.17) is 0 Å². The quantitative estimate of drug-likeness (QED) is 0.328. The molecule has 0 atom stereocenters. The first kappa shape index (κ1) is 21.1. The second-order valence-electron chi connectivity index (χ2n) is 8.23. The molecule has 6 rings (SSSR count).